The van der Waals surface area contributed by atoms with Crippen molar-refractivity contribution in [2.45, 2.75) is 50.5 Å². The summed E-state index contributed by atoms with van der Waals surface area (Å²) in [5.41, 5.74) is 5.42. The number of carbonyl (C=O) groups excluding carboxylic acids is 2. The number of nitrogens with zero attached hydrogens (tertiary/aromatic N) is 2. The Kier molecular flexibility index (Phi) is 6.89. The van der Waals surface area contributed by atoms with Crippen LogP contribution in [0, 0.1) is 5.92 Å². The highest BCUT2D eigenvalue weighted by atomic mass is 16.5. The molecule has 0 aromatic carbocycles. The van der Waals surface area contributed by atoms with Gasteiger partial charge in [0, 0.05) is 58.4 Å². The lowest BCUT2D eigenvalue weighted by atomic mass is 9.88. The molecule has 3 aliphatic rings. The predicted octanol–water partition coefficient (Wildman–Crippen LogP) is 0.335. The monoisotopic (exact) mass is 366 g/mol. The Labute approximate surface area is 156 Å². The molecule has 2 saturated heterocycles. The molecular weight excluding hydrogens is 332 g/mol. The van der Waals surface area contributed by atoms with Gasteiger partial charge in [0.05, 0.1) is 5.54 Å². The summed E-state index contributed by atoms with van der Waals surface area (Å²) in [6.07, 6.45) is 6.98. The van der Waals surface area contributed by atoms with Crippen molar-refractivity contribution < 1.29 is 14.3 Å². The SMILES string of the molecule is NC1(C(=O)NCCN2CCN(C(=O)C3CCCCC3)CC2)CCOCC1. The van der Waals surface area contributed by atoms with Gasteiger partial charge in [-0.3, -0.25) is 14.5 Å². The van der Waals surface area contributed by atoms with Crippen molar-refractivity contribution in [2.24, 2.45) is 11.7 Å². The summed E-state index contributed by atoms with van der Waals surface area (Å²) in [4.78, 5) is 29.3. The third kappa shape index (κ3) is 4.96. The van der Waals surface area contributed by atoms with Crippen LogP contribution in [0.5, 0.6) is 0 Å². The average molecular weight is 367 g/mol. The van der Waals surface area contributed by atoms with E-state index in [9.17, 15) is 9.59 Å². The Morgan fingerprint density at radius 2 is 1.69 bits per heavy atom. The highest BCUT2D eigenvalue weighted by molar-refractivity contribution is 5.86. The average Bonchev–Trinajstić information content (AvgIpc) is 2.69. The predicted molar refractivity (Wildman–Crippen MR) is 99.6 cm³/mol. The third-order valence-corrected chi connectivity index (χ3v) is 6.19. The fourth-order valence-electron chi connectivity index (χ4n) is 4.27. The van der Waals surface area contributed by atoms with Crippen LogP contribution in [0.25, 0.3) is 0 Å². The molecule has 0 bridgehead atoms. The van der Waals surface area contributed by atoms with Gasteiger partial charge in [-0.05, 0) is 25.7 Å². The zero-order valence-electron chi connectivity index (χ0n) is 15.9. The van der Waals surface area contributed by atoms with Crippen LogP contribution < -0.4 is 11.1 Å². The summed E-state index contributed by atoms with van der Waals surface area (Å²) in [5.74, 6) is 0.559. The van der Waals surface area contributed by atoms with Gasteiger partial charge in [-0.2, -0.15) is 0 Å². The molecule has 7 nitrogen and oxygen atoms in total. The van der Waals surface area contributed by atoms with Crippen LogP contribution in [0.3, 0.4) is 0 Å². The summed E-state index contributed by atoms with van der Waals surface area (Å²) in [6.45, 7) is 5.91. The second kappa shape index (κ2) is 9.15. The largest absolute Gasteiger partial charge is 0.381 e. The molecule has 7 heteroatoms. The van der Waals surface area contributed by atoms with Crippen molar-refractivity contribution in [3.05, 3.63) is 0 Å². The van der Waals surface area contributed by atoms with Crippen LogP contribution >= 0.6 is 0 Å². The third-order valence-electron chi connectivity index (χ3n) is 6.19. The van der Waals surface area contributed by atoms with Gasteiger partial charge >= 0.3 is 0 Å². The molecule has 3 N–H and O–H groups in total. The van der Waals surface area contributed by atoms with Crippen LogP contribution in [-0.2, 0) is 14.3 Å². The maximum Gasteiger partial charge on any atom is 0.240 e. The number of amides is 2. The van der Waals surface area contributed by atoms with Crippen molar-refractivity contribution in [2.75, 3.05) is 52.5 Å². The fourth-order valence-corrected chi connectivity index (χ4v) is 4.27. The van der Waals surface area contributed by atoms with E-state index in [-0.39, 0.29) is 11.8 Å². The first-order chi connectivity index (χ1) is 12.6. The lowest BCUT2D eigenvalue weighted by molar-refractivity contribution is -0.138. The molecule has 1 saturated carbocycles. The van der Waals surface area contributed by atoms with Gasteiger partial charge < -0.3 is 20.7 Å². The lowest BCUT2D eigenvalue weighted by Gasteiger charge is -2.37. The van der Waals surface area contributed by atoms with Crippen molar-refractivity contribution in [1.82, 2.24) is 15.1 Å². The van der Waals surface area contributed by atoms with Crippen LogP contribution in [0.1, 0.15) is 44.9 Å². The number of ether oxygens (including phenoxy) is 1. The Balaban J connectivity index is 1.34. The van der Waals surface area contributed by atoms with Crippen LogP contribution in [0.4, 0.5) is 0 Å². The second-order valence-corrected chi connectivity index (χ2v) is 8.03. The van der Waals surface area contributed by atoms with Gasteiger partial charge in [-0.15, -0.1) is 0 Å². The molecule has 0 aromatic heterocycles. The maximum absolute atomic E-state index is 12.6. The Morgan fingerprint density at radius 3 is 2.35 bits per heavy atom. The number of nitrogens with two attached hydrogens (primary N) is 1. The van der Waals surface area contributed by atoms with E-state index in [1.165, 1.54) is 19.3 Å². The highest BCUT2D eigenvalue weighted by Crippen LogP contribution is 2.25. The first-order valence-corrected chi connectivity index (χ1v) is 10.2. The quantitative estimate of drug-likeness (QED) is 0.732. The normalized spacial score (nSPS) is 25.0. The van der Waals surface area contributed by atoms with E-state index in [1.807, 2.05) is 4.90 Å². The molecule has 0 radical (unpaired) electrons. The number of nitrogens with one attached hydrogen (secondary N) is 1. The summed E-state index contributed by atoms with van der Waals surface area (Å²) < 4.78 is 5.29. The molecule has 2 aliphatic heterocycles. The van der Waals surface area contributed by atoms with E-state index in [0.717, 1.165) is 45.6 Å². The zero-order chi connectivity index (χ0) is 18.4. The minimum absolute atomic E-state index is 0.0630. The van der Waals surface area contributed by atoms with Gasteiger partial charge in [0.15, 0.2) is 0 Å². The fraction of sp³-hybridized carbons (Fsp3) is 0.895. The molecule has 0 spiro atoms. The minimum Gasteiger partial charge on any atom is -0.381 e. The summed E-state index contributed by atoms with van der Waals surface area (Å²) in [5, 5.41) is 2.98. The van der Waals surface area contributed by atoms with Gasteiger partial charge in [-0.25, -0.2) is 0 Å². The van der Waals surface area contributed by atoms with E-state index in [2.05, 4.69) is 10.2 Å². The number of hydrogen-bond donors (Lipinski definition) is 2. The Morgan fingerprint density at radius 1 is 1.04 bits per heavy atom. The molecule has 0 aromatic rings. The first-order valence-electron chi connectivity index (χ1n) is 10.2. The van der Waals surface area contributed by atoms with Crippen molar-refractivity contribution in [3.63, 3.8) is 0 Å². The van der Waals surface area contributed by atoms with E-state index in [0.29, 0.717) is 38.5 Å². The first kappa shape index (κ1) is 19.6. The zero-order valence-corrected chi connectivity index (χ0v) is 15.9. The van der Waals surface area contributed by atoms with E-state index < -0.39 is 5.54 Å². The van der Waals surface area contributed by atoms with E-state index in [1.54, 1.807) is 0 Å². The van der Waals surface area contributed by atoms with Crippen molar-refractivity contribution in [3.8, 4) is 0 Å². The van der Waals surface area contributed by atoms with Gasteiger partial charge in [0.1, 0.15) is 0 Å². The molecule has 2 amide bonds. The van der Waals surface area contributed by atoms with Crippen molar-refractivity contribution >= 4 is 11.8 Å². The number of rotatable bonds is 5. The molecule has 3 rings (SSSR count). The van der Waals surface area contributed by atoms with Crippen LogP contribution in [0.2, 0.25) is 0 Å². The topological polar surface area (TPSA) is 87.9 Å². The smallest absolute Gasteiger partial charge is 0.240 e. The summed E-state index contributed by atoms with van der Waals surface area (Å²) >= 11 is 0. The van der Waals surface area contributed by atoms with E-state index >= 15 is 0 Å². The van der Waals surface area contributed by atoms with Gasteiger partial charge in [0.2, 0.25) is 11.8 Å². The highest BCUT2D eigenvalue weighted by Gasteiger charge is 2.35. The summed E-state index contributed by atoms with van der Waals surface area (Å²) in [6, 6.07) is 0. The molecule has 0 unspecified atom stereocenters. The summed E-state index contributed by atoms with van der Waals surface area (Å²) in [7, 11) is 0. The molecule has 26 heavy (non-hydrogen) atoms. The molecule has 3 fully saturated rings. The molecule has 2 heterocycles. The lowest BCUT2D eigenvalue weighted by Crippen LogP contribution is -2.58. The van der Waals surface area contributed by atoms with E-state index in [4.69, 9.17) is 10.5 Å². The van der Waals surface area contributed by atoms with Crippen LogP contribution in [-0.4, -0.2) is 79.6 Å². The number of piperazine rings is 1. The van der Waals surface area contributed by atoms with Crippen molar-refractivity contribution in [1.29, 1.82) is 0 Å². The number of hydrogen-bond acceptors (Lipinski definition) is 5. The van der Waals surface area contributed by atoms with Crippen LogP contribution in [0.15, 0.2) is 0 Å². The standard InChI is InChI=1S/C19H34N4O3/c20-19(6-14-26-15-7-19)18(25)21-8-9-22-10-12-23(13-11-22)17(24)16-4-2-1-3-5-16/h16H,1-15,20H2,(H,21,25). The maximum atomic E-state index is 12.6. The molecule has 1 aliphatic carbocycles. The Bertz CT molecular complexity index is 479. The molecular formula is C19H34N4O3. The van der Waals surface area contributed by atoms with Gasteiger partial charge in [-0.1, -0.05) is 19.3 Å². The van der Waals surface area contributed by atoms with Gasteiger partial charge in [0.25, 0.3) is 0 Å². The molecule has 148 valence electrons. The number of carbonyl (C=O) groups is 2. The second-order valence-electron chi connectivity index (χ2n) is 8.03. The minimum atomic E-state index is -0.774. The molecule has 0 atom stereocenters. The Hall–Kier alpha value is -1.18.